The van der Waals surface area contributed by atoms with Crippen LogP contribution in [0.1, 0.15) is 51.2 Å². The maximum atomic E-state index is 15.1. The zero-order chi connectivity index (χ0) is 32.7. The van der Waals surface area contributed by atoms with Gasteiger partial charge in [-0.05, 0) is 75.3 Å². The van der Waals surface area contributed by atoms with Crippen molar-refractivity contribution < 1.29 is 19.5 Å². The predicted octanol–water partition coefficient (Wildman–Crippen LogP) is 5.93. The van der Waals surface area contributed by atoms with Crippen molar-refractivity contribution in [1.82, 2.24) is 4.90 Å². The summed E-state index contributed by atoms with van der Waals surface area (Å²) in [6.07, 6.45) is 5.33. The highest BCUT2D eigenvalue weighted by atomic mass is 32.2. The number of hydrogen-bond donors (Lipinski definition) is 1. The minimum absolute atomic E-state index is 0.119. The first-order valence-electron chi connectivity index (χ1n) is 16.0. The van der Waals surface area contributed by atoms with Gasteiger partial charge in [0.05, 0.1) is 29.2 Å². The number of fused-ring (bicyclic) bond motifs is 1. The van der Waals surface area contributed by atoms with Gasteiger partial charge in [0.1, 0.15) is 6.04 Å². The molecule has 2 unspecified atom stereocenters. The summed E-state index contributed by atoms with van der Waals surface area (Å²) in [6, 6.07) is 14.2. The summed E-state index contributed by atoms with van der Waals surface area (Å²) >= 11 is 1.66. The van der Waals surface area contributed by atoms with Gasteiger partial charge in [-0.1, -0.05) is 56.3 Å². The summed E-state index contributed by atoms with van der Waals surface area (Å²) in [4.78, 5) is 49.9. The Hall–Kier alpha value is -3.36. The van der Waals surface area contributed by atoms with Gasteiger partial charge in [0.25, 0.3) is 5.91 Å². The van der Waals surface area contributed by atoms with E-state index < -0.39 is 33.4 Å². The van der Waals surface area contributed by atoms with E-state index in [1.54, 1.807) is 38.6 Å². The summed E-state index contributed by atoms with van der Waals surface area (Å²) < 4.78 is -1.33. The molecule has 6 atom stereocenters. The standard InChI is InChI=1S/C37H47N3O4S/c1-8-19-38(27-13-11-10-12-14-27)33(42)30-31-34(43)40(28(23-41)21-24(3)4)32(37(31)18-17-36(30,7)45-37)35(44)39(20-9-2)29-22-25(5)15-16-26(29)6/h8-16,22,24,28,30-32,41H,1-2,17-21,23H2,3-7H3/t28-,30+,31+,32?,36-,37?/m1/s1. The molecule has 1 spiro atoms. The van der Waals surface area contributed by atoms with Crippen LogP contribution in [-0.4, -0.2) is 69.0 Å². The molecule has 2 aromatic rings. The number of aliphatic hydroxyl groups excluding tert-OH is 1. The lowest BCUT2D eigenvalue weighted by Gasteiger charge is -2.40. The lowest BCUT2D eigenvalue weighted by atomic mass is 9.66. The Balaban J connectivity index is 1.66. The lowest BCUT2D eigenvalue weighted by molar-refractivity contribution is -0.142. The first-order chi connectivity index (χ1) is 21.4. The molecular weight excluding hydrogens is 582 g/mol. The van der Waals surface area contributed by atoms with Crippen LogP contribution in [0.15, 0.2) is 73.8 Å². The molecule has 0 aliphatic carbocycles. The largest absolute Gasteiger partial charge is 0.394 e. The van der Waals surface area contributed by atoms with E-state index in [-0.39, 0.29) is 36.8 Å². The lowest BCUT2D eigenvalue weighted by Crippen LogP contribution is -2.58. The van der Waals surface area contributed by atoms with Crippen LogP contribution in [0.5, 0.6) is 0 Å². The van der Waals surface area contributed by atoms with Gasteiger partial charge >= 0.3 is 0 Å². The molecule has 3 amide bonds. The fraction of sp³-hybridized carbons (Fsp3) is 0.486. The molecule has 5 rings (SSSR count). The van der Waals surface area contributed by atoms with Crippen LogP contribution in [-0.2, 0) is 14.4 Å². The molecule has 3 fully saturated rings. The Kier molecular flexibility index (Phi) is 9.39. The number of anilines is 2. The molecule has 7 nitrogen and oxygen atoms in total. The molecule has 240 valence electrons. The minimum atomic E-state index is -0.833. The molecule has 2 bridgehead atoms. The molecule has 3 saturated heterocycles. The predicted molar refractivity (Wildman–Crippen MR) is 183 cm³/mol. The van der Waals surface area contributed by atoms with E-state index in [4.69, 9.17) is 0 Å². The van der Waals surface area contributed by atoms with E-state index >= 15 is 4.79 Å². The first-order valence-corrected chi connectivity index (χ1v) is 16.9. The Bertz CT molecular complexity index is 1480. The molecular formula is C37H47N3O4S. The van der Waals surface area contributed by atoms with E-state index in [9.17, 15) is 14.7 Å². The molecule has 3 aliphatic rings. The van der Waals surface area contributed by atoms with Crippen molar-refractivity contribution in [3.05, 3.63) is 85.0 Å². The highest BCUT2D eigenvalue weighted by Gasteiger charge is 2.78. The topological polar surface area (TPSA) is 81.2 Å². The second-order valence-corrected chi connectivity index (χ2v) is 15.4. The van der Waals surface area contributed by atoms with E-state index in [0.29, 0.717) is 25.8 Å². The van der Waals surface area contributed by atoms with Gasteiger partial charge in [-0.2, -0.15) is 0 Å². The third-order valence-electron chi connectivity index (χ3n) is 9.94. The third kappa shape index (κ3) is 5.54. The van der Waals surface area contributed by atoms with Crippen molar-refractivity contribution >= 4 is 40.9 Å². The molecule has 1 N–H and O–H groups in total. The molecule has 3 heterocycles. The number of amides is 3. The number of carbonyl (C=O) groups is 3. The summed E-state index contributed by atoms with van der Waals surface area (Å²) in [6.45, 7) is 18.4. The number of carbonyl (C=O) groups excluding carboxylic acids is 3. The highest BCUT2D eigenvalue weighted by Crippen LogP contribution is 2.72. The smallest absolute Gasteiger partial charge is 0.251 e. The number of nitrogens with zero attached hydrogens (tertiary/aromatic N) is 3. The summed E-state index contributed by atoms with van der Waals surface area (Å²) in [5.41, 5.74) is 3.52. The van der Waals surface area contributed by atoms with Crippen molar-refractivity contribution in [3.63, 3.8) is 0 Å². The number of likely N-dealkylation sites (tertiary alicyclic amines) is 1. The fourth-order valence-electron chi connectivity index (χ4n) is 8.05. The average Bonchev–Trinajstić information content (AvgIpc) is 3.59. The van der Waals surface area contributed by atoms with E-state index in [2.05, 4.69) is 33.9 Å². The Morgan fingerprint density at radius 3 is 2.33 bits per heavy atom. The Labute approximate surface area is 272 Å². The third-order valence-corrected chi connectivity index (χ3v) is 11.9. The second-order valence-electron chi connectivity index (χ2n) is 13.5. The fourth-order valence-corrected chi connectivity index (χ4v) is 10.4. The molecule has 8 heteroatoms. The normalized spacial score (nSPS) is 27.4. The number of thioether (sulfide) groups is 1. The SMILES string of the molecule is C=CCN(C(=O)[C@@H]1[C@H]2C(=O)N([C@@H](CO)CC(C)C)C(C(=O)N(CC=C)c3cc(C)ccc3C)C23CC[C@@]1(C)S3)c1ccccc1. The molecule has 0 saturated carbocycles. The van der Waals surface area contributed by atoms with Crippen molar-refractivity contribution in [2.24, 2.45) is 17.8 Å². The minimum Gasteiger partial charge on any atom is -0.394 e. The monoisotopic (exact) mass is 629 g/mol. The number of aliphatic hydroxyl groups is 1. The van der Waals surface area contributed by atoms with Crippen LogP contribution in [0.25, 0.3) is 0 Å². The summed E-state index contributed by atoms with van der Waals surface area (Å²) in [5, 5.41) is 10.7. The summed E-state index contributed by atoms with van der Waals surface area (Å²) in [7, 11) is 0. The number of para-hydroxylation sites is 1. The zero-order valence-corrected chi connectivity index (χ0v) is 28.1. The van der Waals surface area contributed by atoms with Gasteiger partial charge in [-0.15, -0.1) is 24.9 Å². The van der Waals surface area contributed by atoms with Gasteiger partial charge in [0, 0.05) is 29.2 Å². The van der Waals surface area contributed by atoms with Gasteiger partial charge < -0.3 is 19.8 Å². The van der Waals surface area contributed by atoms with Crippen molar-refractivity contribution in [2.75, 3.05) is 29.5 Å². The Morgan fingerprint density at radius 1 is 1.04 bits per heavy atom. The van der Waals surface area contributed by atoms with Crippen molar-refractivity contribution in [2.45, 2.75) is 75.5 Å². The average molecular weight is 630 g/mol. The maximum Gasteiger partial charge on any atom is 0.251 e. The van der Waals surface area contributed by atoms with Crippen molar-refractivity contribution in [3.8, 4) is 0 Å². The molecule has 2 aromatic carbocycles. The number of aryl methyl sites for hydroxylation is 2. The quantitative estimate of drug-likeness (QED) is 0.295. The van der Waals surface area contributed by atoms with Gasteiger partial charge in [-0.25, -0.2) is 0 Å². The molecule has 3 aliphatic heterocycles. The van der Waals surface area contributed by atoms with Crippen LogP contribution >= 0.6 is 11.8 Å². The van der Waals surface area contributed by atoms with Crippen LogP contribution in [0, 0.1) is 31.6 Å². The molecule has 0 aromatic heterocycles. The maximum absolute atomic E-state index is 15.1. The van der Waals surface area contributed by atoms with E-state index in [1.165, 1.54) is 0 Å². The van der Waals surface area contributed by atoms with Crippen molar-refractivity contribution in [1.29, 1.82) is 0 Å². The second kappa shape index (κ2) is 12.8. The van der Waals surface area contributed by atoms with Crippen LogP contribution < -0.4 is 9.80 Å². The molecule has 45 heavy (non-hydrogen) atoms. The van der Waals surface area contributed by atoms with Gasteiger partial charge in [-0.3, -0.25) is 14.4 Å². The number of benzene rings is 2. The highest BCUT2D eigenvalue weighted by molar-refractivity contribution is 8.02. The van der Waals surface area contributed by atoms with Crippen LogP contribution in [0.3, 0.4) is 0 Å². The van der Waals surface area contributed by atoms with Gasteiger partial charge in [0.2, 0.25) is 11.8 Å². The van der Waals surface area contributed by atoms with E-state index in [1.807, 2.05) is 62.4 Å². The Morgan fingerprint density at radius 2 is 1.71 bits per heavy atom. The van der Waals surface area contributed by atoms with Gasteiger partial charge in [0.15, 0.2) is 0 Å². The first kappa shape index (κ1) is 33.0. The summed E-state index contributed by atoms with van der Waals surface area (Å²) in [5.74, 6) is -1.63. The van der Waals surface area contributed by atoms with Crippen LogP contribution in [0.4, 0.5) is 11.4 Å². The molecule has 0 radical (unpaired) electrons. The number of rotatable bonds is 12. The zero-order valence-electron chi connectivity index (χ0n) is 27.2. The number of hydrogen-bond acceptors (Lipinski definition) is 5. The van der Waals surface area contributed by atoms with E-state index in [0.717, 1.165) is 22.5 Å². The van der Waals surface area contributed by atoms with Crippen LogP contribution in [0.2, 0.25) is 0 Å².